The van der Waals surface area contributed by atoms with Crippen LogP contribution in [0, 0.1) is 0 Å². The molecule has 5 nitrogen and oxygen atoms in total. The minimum atomic E-state index is -0.919. The van der Waals surface area contributed by atoms with Crippen molar-refractivity contribution in [3.63, 3.8) is 0 Å². The average molecular weight is 358 g/mol. The highest BCUT2D eigenvalue weighted by Gasteiger charge is 2.50. The van der Waals surface area contributed by atoms with Crippen LogP contribution in [-0.4, -0.2) is 65.7 Å². The highest BCUT2D eigenvalue weighted by atomic mass is 16.5. The first-order valence-electron chi connectivity index (χ1n) is 10.0. The number of likely N-dealkylation sites (tertiary alicyclic amines) is 1. The van der Waals surface area contributed by atoms with Gasteiger partial charge in [-0.1, -0.05) is 49.6 Å². The number of β-amino-alcohol motifs (C(OH)–C–C–N with tert-alkyl or cyclic N) is 1. The number of hydrogen-bond acceptors (Lipinski definition) is 4. The zero-order valence-electron chi connectivity index (χ0n) is 15.5. The fourth-order valence-electron chi connectivity index (χ4n) is 5.04. The maximum absolute atomic E-state index is 13.7. The molecule has 3 aliphatic rings. The van der Waals surface area contributed by atoms with Crippen LogP contribution in [0.5, 0.6) is 0 Å². The first-order valence-corrected chi connectivity index (χ1v) is 10.0. The molecule has 1 aromatic rings. The Kier molecular flexibility index (Phi) is 5.04. The van der Waals surface area contributed by atoms with Crippen LogP contribution in [-0.2, 0) is 15.1 Å². The quantitative estimate of drug-likeness (QED) is 0.899. The van der Waals surface area contributed by atoms with Crippen LogP contribution in [0.1, 0.15) is 44.1 Å². The van der Waals surface area contributed by atoms with E-state index in [-0.39, 0.29) is 11.4 Å². The third-order valence-corrected chi connectivity index (χ3v) is 6.54. The van der Waals surface area contributed by atoms with E-state index in [0.29, 0.717) is 32.7 Å². The van der Waals surface area contributed by atoms with Gasteiger partial charge in [-0.05, 0) is 24.8 Å². The van der Waals surface area contributed by atoms with E-state index in [1.54, 1.807) is 0 Å². The summed E-state index contributed by atoms with van der Waals surface area (Å²) in [6.07, 6.45) is 5.92. The van der Waals surface area contributed by atoms with Crippen LogP contribution >= 0.6 is 0 Å². The van der Waals surface area contributed by atoms with Crippen molar-refractivity contribution in [2.45, 2.75) is 49.7 Å². The van der Waals surface area contributed by atoms with Crippen LogP contribution in [0.15, 0.2) is 30.3 Å². The number of amides is 1. The largest absolute Gasteiger partial charge is 0.383 e. The third kappa shape index (κ3) is 3.17. The fraction of sp³-hybridized carbons (Fsp3) is 0.667. The lowest BCUT2D eigenvalue weighted by atomic mass is 9.78. The lowest BCUT2D eigenvalue weighted by Crippen LogP contribution is -2.62. The number of aliphatic hydroxyl groups is 1. The number of morpholine rings is 1. The molecule has 2 saturated heterocycles. The molecule has 1 N–H and O–H groups in total. The van der Waals surface area contributed by atoms with Gasteiger partial charge in [0, 0.05) is 19.6 Å². The summed E-state index contributed by atoms with van der Waals surface area (Å²) in [7, 11) is 0. The lowest BCUT2D eigenvalue weighted by molar-refractivity contribution is -0.151. The van der Waals surface area contributed by atoms with Crippen molar-refractivity contribution in [1.29, 1.82) is 0 Å². The van der Waals surface area contributed by atoms with E-state index < -0.39 is 5.60 Å². The molecule has 1 saturated carbocycles. The molecule has 4 rings (SSSR count). The van der Waals surface area contributed by atoms with E-state index in [2.05, 4.69) is 4.90 Å². The van der Waals surface area contributed by atoms with Crippen molar-refractivity contribution < 1.29 is 14.6 Å². The summed E-state index contributed by atoms with van der Waals surface area (Å²) in [5.74, 6) is 0.228. The Labute approximate surface area is 155 Å². The predicted molar refractivity (Wildman–Crippen MR) is 99.7 cm³/mol. The van der Waals surface area contributed by atoms with E-state index in [9.17, 15) is 9.90 Å². The summed E-state index contributed by atoms with van der Waals surface area (Å²) in [4.78, 5) is 18.0. The Bertz CT molecular complexity index is 623. The summed E-state index contributed by atoms with van der Waals surface area (Å²) >= 11 is 0. The molecule has 0 radical (unpaired) electrons. The Balaban J connectivity index is 1.55. The normalized spacial score (nSPS) is 29.7. The molecule has 2 aliphatic heterocycles. The highest BCUT2D eigenvalue weighted by Crippen LogP contribution is 2.39. The zero-order valence-corrected chi connectivity index (χ0v) is 15.5. The number of nitrogens with zero attached hydrogens (tertiary/aromatic N) is 2. The van der Waals surface area contributed by atoms with Gasteiger partial charge in [0.05, 0.1) is 19.8 Å². The highest BCUT2D eigenvalue weighted by molar-refractivity contribution is 5.87. The molecule has 0 aromatic heterocycles. The second-order valence-electron chi connectivity index (χ2n) is 8.07. The summed E-state index contributed by atoms with van der Waals surface area (Å²) < 4.78 is 5.53. The van der Waals surface area contributed by atoms with Gasteiger partial charge in [-0.25, -0.2) is 0 Å². The lowest BCUT2D eigenvalue weighted by Gasteiger charge is -2.48. The van der Waals surface area contributed by atoms with Gasteiger partial charge in [-0.2, -0.15) is 0 Å². The smallest absolute Gasteiger partial charge is 0.243 e. The minimum Gasteiger partial charge on any atom is -0.383 e. The second-order valence-corrected chi connectivity index (χ2v) is 8.07. The maximum atomic E-state index is 13.7. The maximum Gasteiger partial charge on any atom is 0.243 e. The Hall–Kier alpha value is -1.43. The van der Waals surface area contributed by atoms with Gasteiger partial charge >= 0.3 is 0 Å². The fourth-order valence-corrected chi connectivity index (χ4v) is 5.04. The van der Waals surface area contributed by atoms with E-state index in [1.165, 1.54) is 6.42 Å². The molecular weight excluding hydrogens is 328 g/mol. The molecule has 0 spiro atoms. The van der Waals surface area contributed by atoms with Crippen molar-refractivity contribution >= 4 is 5.91 Å². The van der Waals surface area contributed by atoms with Crippen molar-refractivity contribution in [3.8, 4) is 0 Å². The molecule has 5 heteroatoms. The van der Waals surface area contributed by atoms with Gasteiger partial charge in [0.1, 0.15) is 11.1 Å². The Morgan fingerprint density at radius 2 is 1.65 bits per heavy atom. The van der Waals surface area contributed by atoms with Crippen LogP contribution in [0.25, 0.3) is 0 Å². The molecule has 26 heavy (non-hydrogen) atoms. The first-order chi connectivity index (χ1) is 12.6. The molecule has 0 unspecified atom stereocenters. The minimum absolute atomic E-state index is 0.228. The van der Waals surface area contributed by atoms with Crippen molar-refractivity contribution in [3.05, 3.63) is 35.9 Å². The van der Waals surface area contributed by atoms with Crippen molar-refractivity contribution in [2.24, 2.45) is 0 Å². The SMILES string of the molecule is O=C(N1CC[C@@](O)(c2ccccc2)C1)C1(N2CCOCC2)CCCCC1. The number of rotatable bonds is 3. The number of carbonyl (C=O) groups excluding carboxylic acids is 1. The molecule has 3 fully saturated rings. The van der Waals surface area contributed by atoms with Gasteiger partial charge in [-0.15, -0.1) is 0 Å². The van der Waals surface area contributed by atoms with Crippen LogP contribution < -0.4 is 0 Å². The zero-order chi connectivity index (χ0) is 18.0. The van der Waals surface area contributed by atoms with Gasteiger partial charge in [-0.3, -0.25) is 9.69 Å². The van der Waals surface area contributed by atoms with Crippen molar-refractivity contribution in [2.75, 3.05) is 39.4 Å². The van der Waals surface area contributed by atoms with Gasteiger partial charge in [0.2, 0.25) is 5.91 Å². The molecule has 1 aromatic carbocycles. The van der Waals surface area contributed by atoms with Crippen LogP contribution in [0.3, 0.4) is 0 Å². The van der Waals surface area contributed by atoms with Crippen molar-refractivity contribution in [1.82, 2.24) is 9.80 Å². The molecule has 0 bridgehead atoms. The first kappa shape index (κ1) is 18.0. The number of carbonyl (C=O) groups is 1. The van der Waals surface area contributed by atoms with Gasteiger partial charge in [0.25, 0.3) is 0 Å². The second kappa shape index (κ2) is 7.29. The Morgan fingerprint density at radius 3 is 2.35 bits per heavy atom. The topological polar surface area (TPSA) is 53.0 Å². The molecule has 1 atom stereocenters. The molecule has 2 heterocycles. The number of benzene rings is 1. The monoisotopic (exact) mass is 358 g/mol. The summed E-state index contributed by atoms with van der Waals surface area (Å²) in [5.41, 5.74) is -0.388. The number of ether oxygens (including phenoxy) is 1. The van der Waals surface area contributed by atoms with Crippen LogP contribution in [0.4, 0.5) is 0 Å². The van der Waals surface area contributed by atoms with Gasteiger partial charge < -0.3 is 14.7 Å². The van der Waals surface area contributed by atoms with Crippen LogP contribution in [0.2, 0.25) is 0 Å². The predicted octanol–water partition coefficient (Wildman–Crippen LogP) is 2.14. The molecule has 142 valence electrons. The van der Waals surface area contributed by atoms with Gasteiger partial charge in [0.15, 0.2) is 0 Å². The summed E-state index contributed by atoms with van der Waals surface area (Å²) in [6.45, 7) is 4.13. The van der Waals surface area contributed by atoms with E-state index >= 15 is 0 Å². The van der Waals surface area contributed by atoms with E-state index in [0.717, 1.165) is 44.3 Å². The average Bonchev–Trinajstić information content (AvgIpc) is 3.13. The molecule has 1 amide bonds. The summed E-state index contributed by atoms with van der Waals surface area (Å²) in [5, 5.41) is 11.1. The van der Waals surface area contributed by atoms with E-state index in [4.69, 9.17) is 4.74 Å². The Morgan fingerprint density at radius 1 is 0.962 bits per heavy atom. The van der Waals surface area contributed by atoms with E-state index in [1.807, 2.05) is 35.2 Å². The molecular formula is C21H30N2O3. The molecule has 1 aliphatic carbocycles. The number of hydrogen-bond donors (Lipinski definition) is 1. The third-order valence-electron chi connectivity index (χ3n) is 6.54. The summed E-state index contributed by atoms with van der Waals surface area (Å²) in [6, 6.07) is 9.79. The standard InChI is InChI=1S/C21H30N2O3/c24-19(20(9-5-2-6-10-20)23-13-15-26-16-14-23)22-12-11-21(25,17-22)18-7-3-1-4-8-18/h1,3-4,7-8,25H,2,5-6,9-17H2/t21-/m0/s1.